The third-order valence-corrected chi connectivity index (χ3v) is 16.0. The van der Waals surface area contributed by atoms with Gasteiger partial charge in [-0.3, -0.25) is 0 Å². The van der Waals surface area contributed by atoms with Gasteiger partial charge in [-0.15, -0.1) is 0 Å². The van der Waals surface area contributed by atoms with E-state index in [1.54, 1.807) is 66.0 Å². The van der Waals surface area contributed by atoms with Gasteiger partial charge in [-0.2, -0.15) is 0 Å². The summed E-state index contributed by atoms with van der Waals surface area (Å²) in [4.78, 5) is 6.08. The minimum Gasteiger partial charge on any atom is -0.317 e. The van der Waals surface area contributed by atoms with Crippen molar-refractivity contribution in [3.8, 4) is 0 Å². The zero-order chi connectivity index (χ0) is 45.7. The molecule has 6 aromatic carbocycles. The summed E-state index contributed by atoms with van der Waals surface area (Å²) in [5.41, 5.74) is 7.45. The average molecular weight is 957 g/mol. The summed E-state index contributed by atoms with van der Waals surface area (Å²) in [6, 6.07) is 34.2. The molecule has 11 heteroatoms. The van der Waals surface area contributed by atoms with Crippen LogP contribution < -0.4 is 16.0 Å². The smallest absolute Gasteiger partial charge is 0.124 e. The lowest BCUT2D eigenvalue weighted by molar-refractivity contribution is 0.455. The molecule has 3 fully saturated rings. The number of rotatable bonds is 9. The number of benzene rings is 6. The maximum absolute atomic E-state index is 13.7. The molecule has 3 N–H and O–H groups in total. The Labute approximate surface area is 400 Å². The topological polar surface area (TPSA) is 36.1 Å². The molecule has 0 bridgehead atoms. The van der Waals surface area contributed by atoms with E-state index < -0.39 is 0 Å². The van der Waals surface area contributed by atoms with Crippen LogP contribution in [0.25, 0.3) is 0 Å². The number of piperidine rings is 3. The van der Waals surface area contributed by atoms with E-state index in [4.69, 9.17) is 11.6 Å². The monoisotopic (exact) mass is 955 g/mol. The van der Waals surface area contributed by atoms with Gasteiger partial charge in [0.2, 0.25) is 0 Å². The Morgan fingerprint density at radius 2 is 0.800 bits per heavy atom. The van der Waals surface area contributed by atoms with Gasteiger partial charge in [0, 0.05) is 29.4 Å². The van der Waals surface area contributed by atoms with Crippen molar-refractivity contribution in [3.63, 3.8) is 0 Å². The molecule has 3 aliphatic heterocycles. The first-order valence-corrected chi connectivity index (χ1v) is 25.4. The summed E-state index contributed by atoms with van der Waals surface area (Å²) in [7, 11) is 0. The third kappa shape index (κ3) is 14.4. The summed E-state index contributed by atoms with van der Waals surface area (Å²) >= 11 is 11.1. The van der Waals surface area contributed by atoms with Crippen LogP contribution >= 0.6 is 46.9 Å². The minimum absolute atomic E-state index is 0.149. The molecule has 0 radical (unpaired) electrons. The molecule has 9 rings (SSSR count). The van der Waals surface area contributed by atoms with Crippen molar-refractivity contribution in [2.45, 2.75) is 106 Å². The fourth-order valence-corrected chi connectivity index (χ4v) is 12.1. The summed E-state index contributed by atoms with van der Waals surface area (Å²) < 4.78 is 54.0. The van der Waals surface area contributed by atoms with Gasteiger partial charge >= 0.3 is 0 Å². The summed E-state index contributed by atoms with van der Waals surface area (Å²) in [6.45, 7) is 12.4. The van der Waals surface area contributed by atoms with E-state index >= 15 is 0 Å². The van der Waals surface area contributed by atoms with Crippen molar-refractivity contribution < 1.29 is 17.6 Å². The number of hydrogen-bond acceptors (Lipinski definition) is 6. The highest BCUT2D eigenvalue weighted by Gasteiger charge is 2.22. The van der Waals surface area contributed by atoms with Gasteiger partial charge in [-0.1, -0.05) is 77.2 Å². The molecule has 65 heavy (non-hydrogen) atoms. The minimum atomic E-state index is -0.253. The quantitative estimate of drug-likeness (QED) is 0.125. The first kappa shape index (κ1) is 49.2. The van der Waals surface area contributed by atoms with Crippen LogP contribution in [0.3, 0.4) is 0 Å². The van der Waals surface area contributed by atoms with Crippen LogP contribution in [0.1, 0.15) is 89.7 Å². The van der Waals surface area contributed by atoms with Gasteiger partial charge in [-0.05, 0) is 235 Å². The molecule has 6 aromatic rings. The highest BCUT2D eigenvalue weighted by atomic mass is 35.5. The van der Waals surface area contributed by atoms with Crippen LogP contribution in [-0.4, -0.2) is 39.3 Å². The Morgan fingerprint density at radius 1 is 0.400 bits per heavy atom. The van der Waals surface area contributed by atoms with Crippen molar-refractivity contribution in [2.24, 2.45) is 0 Å². The van der Waals surface area contributed by atoms with Crippen LogP contribution in [0.15, 0.2) is 145 Å². The standard InChI is InChI=1S/C19H22FNS.C18H19ClFNS.C17H17F2NS/c1-13-3-5-17(11-14(13)2)22-19-12-16(20)4-6-18(19)15-7-9-21-10-8-15;1-12-2-5-17(16(19)10-12)22-18-11-14(20)3-4-15(18)13-6-8-21-9-7-13;18-13-1-4-15(5-2-13)21-17-11-14(19)3-6-16(17)12-7-9-20-10-8-12/h3-6,11-12,15,21H,7-10H2,1-2H3;2-5,10-11,13,21H,6-9H2,1H3;1-6,11-12,20H,7-10H2. The first-order chi connectivity index (χ1) is 31.5. The molecule has 0 aromatic heterocycles. The Kier molecular flexibility index (Phi) is 18.4. The number of nitrogens with one attached hydrogen (secondary N) is 3. The molecular weight excluding hydrogens is 898 g/mol. The van der Waals surface area contributed by atoms with Crippen LogP contribution in [0, 0.1) is 44.0 Å². The lowest BCUT2D eigenvalue weighted by Crippen LogP contribution is -2.26. The van der Waals surface area contributed by atoms with Crippen LogP contribution in [0.2, 0.25) is 5.02 Å². The largest absolute Gasteiger partial charge is 0.317 e. The highest BCUT2D eigenvalue weighted by Crippen LogP contribution is 2.42. The van der Waals surface area contributed by atoms with Gasteiger partial charge < -0.3 is 16.0 Å². The maximum Gasteiger partial charge on any atom is 0.124 e. The Hall–Kier alpha value is -3.74. The van der Waals surface area contributed by atoms with Crippen LogP contribution in [-0.2, 0) is 0 Å². The van der Waals surface area contributed by atoms with Crippen molar-refractivity contribution in [3.05, 3.63) is 177 Å². The van der Waals surface area contributed by atoms with Crippen molar-refractivity contribution >= 4 is 46.9 Å². The van der Waals surface area contributed by atoms with Crippen LogP contribution in [0.4, 0.5) is 17.6 Å². The summed E-state index contributed by atoms with van der Waals surface area (Å²) in [6.07, 6.45) is 6.60. The molecule has 3 nitrogen and oxygen atoms in total. The molecule has 0 aliphatic carbocycles. The van der Waals surface area contributed by atoms with Crippen molar-refractivity contribution in [1.82, 2.24) is 16.0 Å². The lowest BCUT2D eigenvalue weighted by atomic mass is 9.90. The molecular formula is C54H58ClF4N3S3. The van der Waals surface area contributed by atoms with Crippen molar-refractivity contribution in [1.29, 1.82) is 0 Å². The fourth-order valence-electron chi connectivity index (χ4n) is 8.54. The van der Waals surface area contributed by atoms with E-state index in [-0.39, 0.29) is 23.3 Å². The maximum atomic E-state index is 13.7. The number of hydrogen-bond donors (Lipinski definition) is 3. The molecule has 3 heterocycles. The molecule has 342 valence electrons. The molecule has 0 amide bonds. The van der Waals surface area contributed by atoms with Gasteiger partial charge in [0.1, 0.15) is 23.3 Å². The molecule has 3 aliphatic rings. The molecule has 3 saturated heterocycles. The van der Waals surface area contributed by atoms with Crippen molar-refractivity contribution in [2.75, 3.05) is 39.3 Å². The first-order valence-electron chi connectivity index (χ1n) is 22.6. The molecule has 0 spiro atoms. The van der Waals surface area contributed by atoms with Gasteiger partial charge in [-0.25, -0.2) is 17.6 Å². The Balaban J connectivity index is 0.000000145. The van der Waals surface area contributed by atoms with Gasteiger partial charge in [0.05, 0.1) is 5.02 Å². The summed E-state index contributed by atoms with van der Waals surface area (Å²) in [5, 5.41) is 10.9. The molecule has 0 saturated carbocycles. The van der Waals surface area contributed by atoms with E-state index in [1.165, 1.54) is 62.7 Å². The Morgan fingerprint density at radius 3 is 1.23 bits per heavy atom. The average Bonchev–Trinajstić information content (AvgIpc) is 3.31. The van der Waals surface area contributed by atoms with E-state index in [0.717, 1.165) is 113 Å². The van der Waals surface area contributed by atoms with Gasteiger partial charge in [0.15, 0.2) is 0 Å². The second-order valence-corrected chi connectivity index (χ2v) is 20.8. The van der Waals surface area contributed by atoms with Gasteiger partial charge in [0.25, 0.3) is 0 Å². The second kappa shape index (κ2) is 24.3. The van der Waals surface area contributed by atoms with Crippen LogP contribution in [0.5, 0.6) is 0 Å². The molecule has 0 unspecified atom stereocenters. The second-order valence-electron chi connectivity index (χ2n) is 17.1. The Bertz CT molecular complexity index is 2490. The molecule has 0 atom stereocenters. The number of aryl methyl sites for hydroxylation is 3. The zero-order valence-corrected chi connectivity index (χ0v) is 40.5. The van der Waals surface area contributed by atoms with E-state index in [2.05, 4.69) is 48.0 Å². The number of halogens is 5. The third-order valence-electron chi connectivity index (χ3n) is 12.3. The normalized spacial score (nSPS) is 16.0. The summed E-state index contributed by atoms with van der Waals surface area (Å²) in [5.74, 6) is 0.682. The van der Waals surface area contributed by atoms with E-state index in [0.29, 0.717) is 17.8 Å². The SMILES string of the molecule is Cc1ccc(Sc2cc(F)ccc2C2CCNCC2)c(Cl)c1.Cc1ccc(Sc2cc(F)ccc2C2CCNCC2)cc1C.Fc1ccc(Sc2cc(F)ccc2C2CCNCC2)cc1. The predicted molar refractivity (Wildman–Crippen MR) is 265 cm³/mol. The lowest BCUT2D eigenvalue weighted by Gasteiger charge is -2.25. The highest BCUT2D eigenvalue weighted by molar-refractivity contribution is 8.00. The predicted octanol–water partition coefficient (Wildman–Crippen LogP) is 15.0. The van der Waals surface area contributed by atoms with E-state index in [1.807, 2.05) is 43.3 Å². The fraction of sp³-hybridized carbons (Fsp3) is 0.333. The zero-order valence-electron chi connectivity index (χ0n) is 37.3. The van der Waals surface area contributed by atoms with E-state index in [9.17, 15) is 17.6 Å².